The molecule has 0 heterocycles. The normalized spacial score (nSPS) is 17.3. The van der Waals surface area contributed by atoms with Crippen LogP contribution in [0.2, 0.25) is 36.3 Å². The average Bonchev–Trinajstić information content (AvgIpc) is 2.34. The average molecular weight is 485 g/mol. The molecule has 144 valence electrons. The lowest BCUT2D eigenvalue weighted by atomic mass is 10.0. The summed E-state index contributed by atoms with van der Waals surface area (Å²) in [4.78, 5) is 0. The van der Waals surface area contributed by atoms with Crippen molar-refractivity contribution in [3.63, 3.8) is 0 Å². The fraction of sp³-hybridized carbons (Fsp3) is 0.895. The van der Waals surface area contributed by atoms with Gasteiger partial charge in [0.1, 0.15) is 0 Å². The molecule has 2 nitrogen and oxygen atoms in total. The Morgan fingerprint density at radius 1 is 0.917 bits per heavy atom. The van der Waals surface area contributed by atoms with Gasteiger partial charge >= 0.3 is 0 Å². The summed E-state index contributed by atoms with van der Waals surface area (Å²) in [5.41, 5.74) is 0. The summed E-state index contributed by atoms with van der Waals surface area (Å²) in [5.74, 6) is 0.416. The van der Waals surface area contributed by atoms with Crippen LogP contribution in [0.3, 0.4) is 0 Å². The highest BCUT2D eigenvalue weighted by Gasteiger charge is 2.40. The summed E-state index contributed by atoms with van der Waals surface area (Å²) in [6, 6.07) is 0. The van der Waals surface area contributed by atoms with Crippen molar-refractivity contribution in [1.29, 1.82) is 0 Å². The molecule has 0 spiro atoms. The topological polar surface area (TPSA) is 18.5 Å². The second kappa shape index (κ2) is 9.15. The molecule has 0 radical (unpaired) electrons. The van der Waals surface area contributed by atoms with Crippen LogP contribution in [0.4, 0.5) is 0 Å². The van der Waals surface area contributed by atoms with Crippen LogP contribution in [0.25, 0.3) is 0 Å². The highest BCUT2D eigenvalue weighted by Crippen LogP contribution is 2.39. The molecule has 5 heteroatoms. The van der Waals surface area contributed by atoms with Crippen molar-refractivity contribution in [3.05, 3.63) is 10.2 Å². The first kappa shape index (κ1) is 24.8. The van der Waals surface area contributed by atoms with Crippen LogP contribution < -0.4 is 0 Å². The molecule has 0 amide bonds. The van der Waals surface area contributed by atoms with E-state index >= 15 is 0 Å². The molecule has 0 fully saturated rings. The maximum absolute atomic E-state index is 6.74. The van der Waals surface area contributed by atoms with Crippen molar-refractivity contribution in [2.45, 2.75) is 97.3 Å². The van der Waals surface area contributed by atoms with E-state index < -0.39 is 16.6 Å². The maximum atomic E-state index is 6.74. The predicted molar refractivity (Wildman–Crippen MR) is 122 cm³/mol. The van der Waals surface area contributed by atoms with Crippen LogP contribution >= 0.6 is 22.6 Å². The summed E-state index contributed by atoms with van der Waals surface area (Å²) in [7, 11) is -3.46. The summed E-state index contributed by atoms with van der Waals surface area (Å²) in [6.07, 6.45) is 3.47. The monoisotopic (exact) mass is 484 g/mol. The quantitative estimate of drug-likeness (QED) is 0.264. The lowest BCUT2D eigenvalue weighted by Gasteiger charge is -2.41. The number of hydrogen-bond donors (Lipinski definition) is 0. The third kappa shape index (κ3) is 7.60. The molecule has 0 aromatic carbocycles. The SMILES string of the molecule is C[C@H](/C=C/I)[C@H](CCO[Si](C)(C)C(C)(C)C)O[Si](C)(C)C(C)(C)C. The molecule has 24 heavy (non-hydrogen) atoms. The summed E-state index contributed by atoms with van der Waals surface area (Å²) in [6.45, 7) is 26.2. The Hall–Kier alpha value is 0.824. The molecular weight excluding hydrogens is 443 g/mol. The van der Waals surface area contributed by atoms with Gasteiger partial charge in [-0.1, -0.05) is 77.1 Å². The molecule has 0 saturated heterocycles. The third-order valence-corrected chi connectivity index (χ3v) is 15.3. The van der Waals surface area contributed by atoms with E-state index in [0.29, 0.717) is 5.92 Å². The molecule has 0 saturated carbocycles. The Kier molecular flexibility index (Phi) is 9.47. The maximum Gasteiger partial charge on any atom is 0.192 e. The Labute approximate surface area is 167 Å². The van der Waals surface area contributed by atoms with Gasteiger partial charge < -0.3 is 8.85 Å². The van der Waals surface area contributed by atoms with Gasteiger partial charge in [0.05, 0.1) is 6.10 Å². The highest BCUT2D eigenvalue weighted by molar-refractivity contribution is 14.1. The van der Waals surface area contributed by atoms with Crippen LogP contribution in [0.15, 0.2) is 10.2 Å². The lowest BCUT2D eigenvalue weighted by molar-refractivity contribution is 0.113. The zero-order chi connectivity index (χ0) is 19.4. The predicted octanol–water partition coefficient (Wildman–Crippen LogP) is 7.37. The number of hydrogen-bond acceptors (Lipinski definition) is 2. The molecule has 0 aliphatic rings. The van der Waals surface area contributed by atoms with Crippen molar-refractivity contribution < 1.29 is 8.85 Å². The van der Waals surface area contributed by atoms with Gasteiger partial charge in [0.15, 0.2) is 16.6 Å². The van der Waals surface area contributed by atoms with Crippen molar-refractivity contribution in [2.24, 2.45) is 5.92 Å². The molecule has 0 rings (SSSR count). The summed E-state index contributed by atoms with van der Waals surface area (Å²) >= 11 is 2.30. The van der Waals surface area contributed by atoms with E-state index in [1.807, 2.05) is 0 Å². The molecular formula is C19H41IO2Si2. The molecule has 0 aromatic heterocycles. The smallest absolute Gasteiger partial charge is 0.192 e. The molecule has 0 aliphatic heterocycles. The van der Waals surface area contributed by atoms with E-state index in [1.165, 1.54) is 0 Å². The van der Waals surface area contributed by atoms with Gasteiger partial charge in [-0.2, -0.15) is 0 Å². The molecule has 0 aromatic rings. The van der Waals surface area contributed by atoms with E-state index in [-0.39, 0.29) is 16.2 Å². The molecule has 0 unspecified atom stereocenters. The van der Waals surface area contributed by atoms with Crippen LogP contribution in [0.5, 0.6) is 0 Å². The number of rotatable bonds is 8. The minimum atomic E-state index is -1.77. The number of halogens is 1. The van der Waals surface area contributed by atoms with E-state index in [4.69, 9.17) is 8.85 Å². The van der Waals surface area contributed by atoms with Gasteiger partial charge in [0, 0.05) is 6.61 Å². The summed E-state index contributed by atoms with van der Waals surface area (Å²) in [5, 5.41) is 0.496. The second-order valence-corrected chi connectivity index (χ2v) is 20.3. The largest absolute Gasteiger partial charge is 0.417 e. The van der Waals surface area contributed by atoms with E-state index in [9.17, 15) is 0 Å². The van der Waals surface area contributed by atoms with Gasteiger partial charge in [-0.15, -0.1) is 0 Å². The van der Waals surface area contributed by atoms with Crippen LogP contribution in [-0.2, 0) is 8.85 Å². The Morgan fingerprint density at radius 3 is 1.75 bits per heavy atom. The Bertz CT molecular complexity index is 407. The lowest BCUT2D eigenvalue weighted by Crippen LogP contribution is -2.46. The van der Waals surface area contributed by atoms with Crippen molar-refractivity contribution in [3.8, 4) is 0 Å². The zero-order valence-electron chi connectivity index (χ0n) is 17.9. The fourth-order valence-electron chi connectivity index (χ4n) is 1.87. The first-order valence-electron chi connectivity index (χ1n) is 9.14. The van der Waals surface area contributed by atoms with Crippen molar-refractivity contribution in [1.82, 2.24) is 0 Å². The van der Waals surface area contributed by atoms with Crippen LogP contribution in [-0.4, -0.2) is 29.3 Å². The van der Waals surface area contributed by atoms with Crippen molar-refractivity contribution in [2.75, 3.05) is 6.61 Å². The molecule has 0 bridgehead atoms. The first-order chi connectivity index (χ1) is 10.5. The van der Waals surface area contributed by atoms with E-state index in [1.54, 1.807) is 0 Å². The van der Waals surface area contributed by atoms with Gasteiger partial charge in [-0.25, -0.2) is 0 Å². The summed E-state index contributed by atoms with van der Waals surface area (Å²) < 4.78 is 15.2. The van der Waals surface area contributed by atoms with Crippen LogP contribution in [0.1, 0.15) is 54.9 Å². The molecule has 2 atom stereocenters. The van der Waals surface area contributed by atoms with Crippen LogP contribution in [0, 0.1) is 5.92 Å². The minimum Gasteiger partial charge on any atom is -0.417 e. The highest BCUT2D eigenvalue weighted by atomic mass is 127. The Balaban J connectivity index is 5.01. The van der Waals surface area contributed by atoms with Gasteiger partial charge in [-0.3, -0.25) is 0 Å². The van der Waals surface area contributed by atoms with Gasteiger partial charge in [-0.05, 0) is 52.7 Å². The van der Waals surface area contributed by atoms with E-state index in [2.05, 4.69) is 107 Å². The Morgan fingerprint density at radius 2 is 1.38 bits per heavy atom. The minimum absolute atomic E-state index is 0.235. The van der Waals surface area contributed by atoms with Gasteiger partial charge in [0.2, 0.25) is 0 Å². The zero-order valence-corrected chi connectivity index (χ0v) is 22.1. The third-order valence-electron chi connectivity index (χ3n) is 5.89. The van der Waals surface area contributed by atoms with Gasteiger partial charge in [0.25, 0.3) is 0 Å². The first-order valence-corrected chi connectivity index (χ1v) is 16.2. The molecule has 0 aliphatic carbocycles. The fourth-order valence-corrected chi connectivity index (χ4v) is 5.03. The van der Waals surface area contributed by atoms with E-state index in [0.717, 1.165) is 13.0 Å². The van der Waals surface area contributed by atoms with Crippen molar-refractivity contribution >= 4 is 39.2 Å². The standard InChI is InChI=1S/C19H41IO2Si2/c1-16(12-14-20)17(22-24(10,11)19(5,6)7)13-15-21-23(8,9)18(2,3)4/h12,14,16-17H,13,15H2,1-11H3/b14-12+/t16-,17+/m1/s1. The molecule has 0 N–H and O–H groups in total. The second-order valence-electron chi connectivity index (χ2n) is 9.99.